The van der Waals surface area contributed by atoms with Crippen molar-refractivity contribution in [3.05, 3.63) is 17.0 Å². The van der Waals surface area contributed by atoms with Gasteiger partial charge in [0.25, 0.3) is 5.78 Å². The summed E-state index contributed by atoms with van der Waals surface area (Å²) in [5.41, 5.74) is 8.45. The van der Waals surface area contributed by atoms with Gasteiger partial charge in [0.2, 0.25) is 11.9 Å². The topological polar surface area (TPSA) is 98.2 Å². The van der Waals surface area contributed by atoms with Crippen LogP contribution in [0.4, 0.5) is 5.95 Å². The Kier molecular flexibility index (Phi) is 4.95. The Bertz CT molecular complexity index is 674. The van der Waals surface area contributed by atoms with Crippen LogP contribution in [0.25, 0.3) is 5.78 Å². The molecule has 0 atom stereocenters. The van der Waals surface area contributed by atoms with Gasteiger partial charge in [-0.15, -0.1) is 5.10 Å². The molecule has 0 aliphatic carbocycles. The highest BCUT2D eigenvalue weighted by Crippen LogP contribution is 2.16. The molecule has 0 bridgehead atoms. The maximum absolute atomic E-state index is 12.0. The summed E-state index contributed by atoms with van der Waals surface area (Å²) in [5, 5.41) is 7.19. The van der Waals surface area contributed by atoms with Crippen LogP contribution in [0.5, 0.6) is 0 Å². The first-order valence-electron chi connectivity index (χ1n) is 7.73. The summed E-state index contributed by atoms with van der Waals surface area (Å²) < 4.78 is 1.64. The molecular weight excluding hydrogens is 280 g/mol. The summed E-state index contributed by atoms with van der Waals surface area (Å²) in [5.74, 6) is 0.780. The Morgan fingerprint density at radius 2 is 1.95 bits per heavy atom. The van der Waals surface area contributed by atoms with E-state index in [1.807, 2.05) is 13.8 Å². The minimum atomic E-state index is 0.0747. The van der Waals surface area contributed by atoms with Gasteiger partial charge in [-0.2, -0.15) is 9.50 Å². The molecule has 0 aliphatic heterocycles. The van der Waals surface area contributed by atoms with E-state index in [2.05, 4.69) is 34.2 Å². The standard InChI is InChI=1S/C15H24N6O/c1-5-11(6-2)18-13(22)8-7-12-9(3)17-15-19-14(16)20-21(15)10(12)4/h11H,5-8H2,1-4H3,(H2,16,20)(H,18,22). The van der Waals surface area contributed by atoms with Gasteiger partial charge in [0.15, 0.2) is 0 Å². The number of hydrogen-bond acceptors (Lipinski definition) is 5. The number of anilines is 1. The fraction of sp³-hybridized carbons (Fsp3) is 0.600. The molecule has 7 nitrogen and oxygen atoms in total. The van der Waals surface area contributed by atoms with Crippen LogP contribution >= 0.6 is 0 Å². The van der Waals surface area contributed by atoms with E-state index >= 15 is 0 Å². The molecule has 22 heavy (non-hydrogen) atoms. The molecule has 7 heteroatoms. The van der Waals surface area contributed by atoms with Gasteiger partial charge in [-0.25, -0.2) is 4.98 Å². The predicted molar refractivity (Wildman–Crippen MR) is 85.5 cm³/mol. The highest BCUT2D eigenvalue weighted by atomic mass is 16.1. The van der Waals surface area contributed by atoms with Crippen molar-refractivity contribution in [3.8, 4) is 0 Å². The van der Waals surface area contributed by atoms with Gasteiger partial charge in [-0.05, 0) is 38.7 Å². The van der Waals surface area contributed by atoms with Crippen molar-refractivity contribution in [1.82, 2.24) is 24.9 Å². The first-order chi connectivity index (χ1) is 10.5. The van der Waals surface area contributed by atoms with Gasteiger partial charge >= 0.3 is 0 Å². The average Bonchev–Trinajstić information content (AvgIpc) is 2.85. The minimum absolute atomic E-state index is 0.0747. The lowest BCUT2D eigenvalue weighted by molar-refractivity contribution is -0.121. The zero-order valence-corrected chi connectivity index (χ0v) is 13.7. The molecule has 120 valence electrons. The molecule has 0 spiro atoms. The summed E-state index contributed by atoms with van der Waals surface area (Å²) in [6.07, 6.45) is 2.97. The van der Waals surface area contributed by atoms with Crippen LogP contribution < -0.4 is 11.1 Å². The molecule has 1 amide bonds. The lowest BCUT2D eigenvalue weighted by atomic mass is 10.1. The Balaban J connectivity index is 2.13. The summed E-state index contributed by atoms with van der Waals surface area (Å²) in [6.45, 7) is 8.03. The van der Waals surface area contributed by atoms with E-state index in [9.17, 15) is 4.79 Å². The van der Waals surface area contributed by atoms with Crippen LogP contribution in [0.2, 0.25) is 0 Å². The zero-order chi connectivity index (χ0) is 16.3. The molecule has 0 fully saturated rings. The van der Waals surface area contributed by atoms with Gasteiger partial charge in [-0.3, -0.25) is 4.79 Å². The molecule has 2 heterocycles. The molecule has 3 N–H and O–H groups in total. The zero-order valence-electron chi connectivity index (χ0n) is 13.7. The number of aromatic nitrogens is 4. The number of nitrogens with one attached hydrogen (secondary N) is 1. The van der Waals surface area contributed by atoms with Gasteiger partial charge in [-0.1, -0.05) is 13.8 Å². The second-order valence-electron chi connectivity index (χ2n) is 5.52. The van der Waals surface area contributed by atoms with Gasteiger partial charge in [0.1, 0.15) is 0 Å². The number of carbonyl (C=O) groups excluding carboxylic acids is 1. The van der Waals surface area contributed by atoms with Crippen molar-refractivity contribution in [2.24, 2.45) is 0 Å². The van der Waals surface area contributed by atoms with E-state index in [1.54, 1.807) is 4.52 Å². The van der Waals surface area contributed by atoms with Crippen molar-refractivity contribution in [3.63, 3.8) is 0 Å². The SMILES string of the molecule is CCC(CC)NC(=O)CCc1c(C)nc2nc(N)nn2c1C. The van der Waals surface area contributed by atoms with E-state index in [0.717, 1.165) is 29.8 Å². The summed E-state index contributed by atoms with van der Waals surface area (Å²) in [6, 6.07) is 0.255. The normalized spacial score (nSPS) is 11.3. The molecule has 0 aliphatic rings. The maximum atomic E-state index is 12.0. The second kappa shape index (κ2) is 6.72. The number of carbonyl (C=O) groups is 1. The molecule has 0 saturated heterocycles. The van der Waals surface area contributed by atoms with Crippen molar-refractivity contribution in [2.45, 2.75) is 59.4 Å². The molecule has 0 saturated carbocycles. The molecule has 0 radical (unpaired) electrons. The van der Waals surface area contributed by atoms with Crippen LogP contribution in [-0.2, 0) is 11.2 Å². The highest BCUT2D eigenvalue weighted by Gasteiger charge is 2.14. The number of rotatable bonds is 6. The van der Waals surface area contributed by atoms with Crippen LogP contribution in [0, 0.1) is 13.8 Å². The summed E-state index contributed by atoms with van der Waals surface area (Å²) in [7, 11) is 0. The lowest BCUT2D eigenvalue weighted by Gasteiger charge is -2.15. The first-order valence-corrected chi connectivity index (χ1v) is 7.73. The average molecular weight is 304 g/mol. The van der Waals surface area contributed by atoms with E-state index < -0.39 is 0 Å². The number of amides is 1. The van der Waals surface area contributed by atoms with Gasteiger partial charge in [0, 0.05) is 23.9 Å². The number of nitrogens with zero attached hydrogens (tertiary/aromatic N) is 4. The Hall–Kier alpha value is -2.18. The van der Waals surface area contributed by atoms with E-state index in [-0.39, 0.29) is 17.9 Å². The fourth-order valence-corrected chi connectivity index (χ4v) is 2.62. The second-order valence-corrected chi connectivity index (χ2v) is 5.52. The van der Waals surface area contributed by atoms with E-state index in [0.29, 0.717) is 18.6 Å². The van der Waals surface area contributed by atoms with Crippen LogP contribution in [0.1, 0.15) is 50.1 Å². The van der Waals surface area contributed by atoms with Gasteiger partial charge in [0.05, 0.1) is 0 Å². The number of fused-ring (bicyclic) bond motifs is 1. The molecule has 0 aromatic carbocycles. The number of hydrogen-bond donors (Lipinski definition) is 2. The third-order valence-corrected chi connectivity index (χ3v) is 4.02. The van der Waals surface area contributed by atoms with Crippen molar-refractivity contribution in [1.29, 1.82) is 0 Å². The fourth-order valence-electron chi connectivity index (χ4n) is 2.62. The molecular formula is C15H24N6O. The van der Waals surface area contributed by atoms with E-state index in [4.69, 9.17) is 5.73 Å². The third kappa shape index (κ3) is 3.35. The Morgan fingerprint density at radius 1 is 1.27 bits per heavy atom. The summed E-state index contributed by atoms with van der Waals surface area (Å²) >= 11 is 0. The minimum Gasteiger partial charge on any atom is -0.366 e. The van der Waals surface area contributed by atoms with Crippen molar-refractivity contribution < 1.29 is 4.79 Å². The Labute approximate surface area is 130 Å². The maximum Gasteiger partial charge on any atom is 0.254 e. The molecule has 2 aromatic rings. The smallest absolute Gasteiger partial charge is 0.254 e. The third-order valence-electron chi connectivity index (χ3n) is 4.02. The molecule has 2 aromatic heterocycles. The predicted octanol–water partition coefficient (Wildman–Crippen LogP) is 1.56. The Morgan fingerprint density at radius 3 is 2.59 bits per heavy atom. The lowest BCUT2D eigenvalue weighted by Crippen LogP contribution is -2.34. The van der Waals surface area contributed by atoms with Crippen molar-refractivity contribution in [2.75, 3.05) is 5.73 Å². The van der Waals surface area contributed by atoms with Crippen LogP contribution in [-0.4, -0.2) is 31.5 Å². The number of nitrogens with two attached hydrogens (primary N) is 1. The van der Waals surface area contributed by atoms with Crippen LogP contribution in [0.15, 0.2) is 0 Å². The summed E-state index contributed by atoms with van der Waals surface area (Å²) in [4.78, 5) is 20.5. The van der Waals surface area contributed by atoms with Crippen LogP contribution in [0.3, 0.4) is 0 Å². The van der Waals surface area contributed by atoms with Gasteiger partial charge < -0.3 is 11.1 Å². The highest BCUT2D eigenvalue weighted by molar-refractivity contribution is 5.76. The molecule has 0 unspecified atom stereocenters. The monoisotopic (exact) mass is 304 g/mol. The number of nitrogen functional groups attached to an aromatic ring is 1. The van der Waals surface area contributed by atoms with Crippen molar-refractivity contribution >= 4 is 17.6 Å². The quantitative estimate of drug-likeness (QED) is 0.844. The van der Waals surface area contributed by atoms with E-state index in [1.165, 1.54) is 0 Å². The first kappa shape index (κ1) is 16.2. The molecule has 2 rings (SSSR count). The largest absolute Gasteiger partial charge is 0.366 e. The number of aryl methyl sites for hydroxylation is 2.